The molecule has 0 aliphatic rings. The van der Waals surface area contributed by atoms with Crippen LogP contribution in [0.3, 0.4) is 0 Å². The minimum absolute atomic E-state index is 0.0385. The molecule has 0 N–H and O–H groups in total. The Balaban J connectivity index is 2.38. The number of hydrogen-bond donors (Lipinski definition) is 0. The summed E-state index contributed by atoms with van der Waals surface area (Å²) < 4.78 is 15.9. The number of carbonyl (C=O) groups is 2. The second kappa shape index (κ2) is 11.7. The number of nitrogens with zero attached hydrogens (tertiary/aromatic N) is 1. The van der Waals surface area contributed by atoms with Crippen molar-refractivity contribution in [3.8, 4) is 11.5 Å². The lowest BCUT2D eigenvalue weighted by molar-refractivity contribution is -0.484. The quantitative estimate of drug-likeness (QED) is 0.229. The van der Waals surface area contributed by atoms with E-state index < -0.39 is 35.2 Å². The molecule has 0 spiro atoms. The minimum Gasteiger partial charge on any atom is -0.465 e. The van der Waals surface area contributed by atoms with Gasteiger partial charge in [0.1, 0.15) is 11.5 Å². The van der Waals surface area contributed by atoms with Crippen molar-refractivity contribution in [3.63, 3.8) is 0 Å². The highest BCUT2D eigenvalue weighted by atomic mass is 16.6. The minimum atomic E-state index is -1.45. The molecule has 0 radical (unpaired) electrons. The van der Waals surface area contributed by atoms with Gasteiger partial charge in [0.2, 0.25) is 6.54 Å². The number of carbonyl (C=O) groups excluding carboxylic acids is 2. The van der Waals surface area contributed by atoms with Crippen molar-refractivity contribution in [2.24, 2.45) is 5.92 Å². The van der Waals surface area contributed by atoms with Crippen molar-refractivity contribution in [3.05, 3.63) is 69.8 Å². The summed E-state index contributed by atoms with van der Waals surface area (Å²) in [7, 11) is 0. The molecule has 0 aliphatic carbocycles. The second-order valence-electron chi connectivity index (χ2n) is 6.78. The molecule has 0 aromatic heterocycles. The van der Waals surface area contributed by atoms with Gasteiger partial charge in [-0.2, -0.15) is 0 Å². The largest absolute Gasteiger partial charge is 0.465 e. The van der Waals surface area contributed by atoms with E-state index >= 15 is 0 Å². The first-order valence-electron chi connectivity index (χ1n) is 10.2. The molecule has 2 rings (SSSR count). The molecule has 0 amide bonds. The maximum atomic E-state index is 12.5. The van der Waals surface area contributed by atoms with E-state index in [0.29, 0.717) is 17.1 Å². The lowest BCUT2D eigenvalue weighted by Gasteiger charge is -2.22. The Hall–Kier alpha value is -3.42. The zero-order chi connectivity index (χ0) is 22.8. The van der Waals surface area contributed by atoms with Crippen LogP contribution in [0.5, 0.6) is 11.5 Å². The van der Waals surface area contributed by atoms with Crippen LogP contribution in [-0.2, 0) is 25.5 Å². The summed E-state index contributed by atoms with van der Waals surface area (Å²) in [5.74, 6) is -3.19. The van der Waals surface area contributed by atoms with Crippen LogP contribution in [0.2, 0.25) is 0 Å². The first-order chi connectivity index (χ1) is 14.9. The second-order valence-corrected chi connectivity index (χ2v) is 6.78. The smallest absolute Gasteiger partial charge is 0.321 e. The van der Waals surface area contributed by atoms with E-state index in [9.17, 15) is 19.7 Å². The predicted octanol–water partition coefficient (Wildman–Crippen LogP) is 4.14. The van der Waals surface area contributed by atoms with Crippen LogP contribution in [0.1, 0.15) is 37.8 Å². The van der Waals surface area contributed by atoms with Crippen LogP contribution in [0.4, 0.5) is 0 Å². The van der Waals surface area contributed by atoms with E-state index in [-0.39, 0.29) is 13.2 Å². The van der Waals surface area contributed by atoms with Crippen molar-refractivity contribution in [2.45, 2.75) is 33.1 Å². The van der Waals surface area contributed by atoms with Gasteiger partial charge < -0.3 is 14.2 Å². The lowest BCUT2D eigenvalue weighted by Crippen LogP contribution is -2.36. The molecule has 31 heavy (non-hydrogen) atoms. The highest BCUT2D eigenvalue weighted by molar-refractivity contribution is 5.96. The Kier molecular flexibility index (Phi) is 8.99. The number of hydrogen-bond acceptors (Lipinski definition) is 7. The van der Waals surface area contributed by atoms with Gasteiger partial charge in [0.25, 0.3) is 0 Å². The van der Waals surface area contributed by atoms with E-state index in [4.69, 9.17) is 14.2 Å². The van der Waals surface area contributed by atoms with Crippen molar-refractivity contribution in [1.82, 2.24) is 0 Å². The van der Waals surface area contributed by atoms with Crippen molar-refractivity contribution < 1.29 is 28.7 Å². The van der Waals surface area contributed by atoms with Gasteiger partial charge in [0.05, 0.1) is 19.1 Å². The van der Waals surface area contributed by atoms with Crippen molar-refractivity contribution >= 4 is 11.9 Å². The highest BCUT2D eigenvalue weighted by Crippen LogP contribution is 2.31. The topological polar surface area (TPSA) is 105 Å². The van der Waals surface area contributed by atoms with Gasteiger partial charge in [-0.15, -0.1) is 0 Å². The summed E-state index contributed by atoms with van der Waals surface area (Å²) in [5.41, 5.74) is 1.57. The SMILES string of the molecule is CCOC(=O)C(C(=O)OCC)[C@H](C[N+](=O)[O-])c1cccc(Oc2ccc(CC)cc2)c1. The monoisotopic (exact) mass is 429 g/mol. The molecule has 0 unspecified atom stereocenters. The predicted molar refractivity (Wildman–Crippen MR) is 114 cm³/mol. The highest BCUT2D eigenvalue weighted by Gasteiger charge is 2.41. The van der Waals surface area contributed by atoms with Gasteiger partial charge in [0, 0.05) is 4.92 Å². The lowest BCUT2D eigenvalue weighted by atomic mass is 9.85. The van der Waals surface area contributed by atoms with Crippen LogP contribution in [0.25, 0.3) is 0 Å². The Bertz CT molecular complexity index is 877. The molecule has 166 valence electrons. The number of ether oxygens (including phenoxy) is 3. The molecule has 0 fully saturated rings. The molecular weight excluding hydrogens is 402 g/mol. The number of benzene rings is 2. The maximum absolute atomic E-state index is 12.5. The standard InChI is InChI=1S/C23H27NO7/c1-4-16-10-12-18(13-11-16)31-19-9-7-8-17(14-19)20(15-24(27)28)21(22(25)29-5-2)23(26)30-6-3/h7-14,20-21H,4-6,15H2,1-3H3/t20-/m1/s1. The van der Waals surface area contributed by atoms with Gasteiger partial charge in [0.15, 0.2) is 5.92 Å². The Morgan fingerprint density at radius 1 is 0.935 bits per heavy atom. The van der Waals surface area contributed by atoms with E-state index in [0.717, 1.165) is 6.42 Å². The molecule has 8 heteroatoms. The van der Waals surface area contributed by atoms with Crippen LogP contribution >= 0.6 is 0 Å². The molecule has 0 bridgehead atoms. The summed E-state index contributed by atoms with van der Waals surface area (Å²) in [5, 5.41) is 11.4. The van der Waals surface area contributed by atoms with Gasteiger partial charge in [-0.1, -0.05) is 31.2 Å². The fourth-order valence-corrected chi connectivity index (χ4v) is 3.19. The van der Waals surface area contributed by atoms with Gasteiger partial charge in [-0.25, -0.2) is 0 Å². The van der Waals surface area contributed by atoms with Crippen LogP contribution in [0.15, 0.2) is 48.5 Å². The van der Waals surface area contributed by atoms with Crippen LogP contribution < -0.4 is 4.74 Å². The third-order valence-corrected chi connectivity index (χ3v) is 4.68. The van der Waals surface area contributed by atoms with Gasteiger partial charge >= 0.3 is 11.9 Å². The van der Waals surface area contributed by atoms with Crippen LogP contribution in [-0.4, -0.2) is 36.6 Å². The summed E-state index contributed by atoms with van der Waals surface area (Å²) in [4.78, 5) is 35.8. The molecule has 0 saturated carbocycles. The first-order valence-corrected chi connectivity index (χ1v) is 10.2. The molecule has 8 nitrogen and oxygen atoms in total. The number of aryl methyl sites for hydroxylation is 1. The summed E-state index contributed by atoms with van der Waals surface area (Å²) >= 11 is 0. The van der Waals surface area contributed by atoms with Crippen LogP contribution in [0, 0.1) is 16.0 Å². The average Bonchev–Trinajstić information content (AvgIpc) is 2.74. The molecule has 0 saturated heterocycles. The molecular formula is C23H27NO7. The third-order valence-electron chi connectivity index (χ3n) is 4.68. The Morgan fingerprint density at radius 2 is 1.55 bits per heavy atom. The normalized spacial score (nSPS) is 11.6. The van der Waals surface area contributed by atoms with Gasteiger partial charge in [-0.05, 0) is 55.7 Å². The average molecular weight is 429 g/mol. The van der Waals surface area contributed by atoms with E-state index in [1.54, 1.807) is 38.1 Å². The molecule has 2 aromatic rings. The van der Waals surface area contributed by atoms with E-state index in [2.05, 4.69) is 6.92 Å². The maximum Gasteiger partial charge on any atom is 0.321 e. The summed E-state index contributed by atoms with van der Waals surface area (Å²) in [6.07, 6.45) is 0.904. The number of nitro groups is 1. The summed E-state index contributed by atoms with van der Waals surface area (Å²) in [6.45, 7) is 4.69. The van der Waals surface area contributed by atoms with Gasteiger partial charge in [-0.3, -0.25) is 19.7 Å². The zero-order valence-electron chi connectivity index (χ0n) is 17.9. The Morgan fingerprint density at radius 3 is 2.06 bits per heavy atom. The molecule has 0 aliphatic heterocycles. The fraction of sp³-hybridized carbons (Fsp3) is 0.391. The number of esters is 2. The fourth-order valence-electron chi connectivity index (χ4n) is 3.19. The van der Waals surface area contributed by atoms with E-state index in [1.807, 2.05) is 24.3 Å². The molecule has 0 heterocycles. The van der Waals surface area contributed by atoms with Crippen molar-refractivity contribution in [1.29, 1.82) is 0 Å². The summed E-state index contributed by atoms with van der Waals surface area (Å²) in [6, 6.07) is 14.1. The van der Waals surface area contributed by atoms with Crippen molar-refractivity contribution in [2.75, 3.05) is 19.8 Å². The zero-order valence-corrected chi connectivity index (χ0v) is 17.9. The molecule has 1 atom stereocenters. The van der Waals surface area contributed by atoms with E-state index in [1.165, 1.54) is 5.56 Å². The first kappa shape index (κ1) is 23.9. The molecule has 2 aromatic carbocycles. The number of rotatable bonds is 11. The Labute approximate surface area is 181 Å². The third kappa shape index (κ3) is 6.80.